The zero-order valence-electron chi connectivity index (χ0n) is 12.8. The Morgan fingerprint density at radius 2 is 2.25 bits per heavy atom. The van der Waals surface area contributed by atoms with Crippen molar-refractivity contribution in [1.82, 2.24) is 14.9 Å². The molecule has 0 aliphatic heterocycles. The van der Waals surface area contributed by atoms with Gasteiger partial charge in [0.2, 0.25) is 0 Å². The molecule has 1 aromatic rings. The third-order valence-electron chi connectivity index (χ3n) is 4.20. The Hall–Kier alpha value is -1.34. The van der Waals surface area contributed by atoms with E-state index in [4.69, 9.17) is 0 Å². The van der Waals surface area contributed by atoms with Crippen molar-refractivity contribution in [3.8, 4) is 6.07 Å². The van der Waals surface area contributed by atoms with E-state index in [1.54, 1.807) is 0 Å². The molecule has 1 aromatic heterocycles. The smallest absolute Gasteiger partial charge is 0.103 e. The van der Waals surface area contributed by atoms with Crippen molar-refractivity contribution in [3.63, 3.8) is 0 Å². The summed E-state index contributed by atoms with van der Waals surface area (Å²) in [7, 11) is 0. The molecule has 0 amide bonds. The number of aryl methyl sites for hydroxylation is 2. The number of hydrogen-bond acceptors (Lipinski definition) is 3. The fraction of sp³-hybridized carbons (Fsp3) is 0.750. The molecule has 4 heteroatoms. The minimum atomic E-state index is -0.392. The molecule has 0 saturated carbocycles. The third kappa shape index (κ3) is 3.61. The number of nitrogens with zero attached hydrogens (tertiary/aromatic N) is 3. The number of fused-ring (bicyclic) bond motifs is 1. The predicted molar refractivity (Wildman–Crippen MR) is 80.4 cm³/mol. The average Bonchev–Trinajstić information content (AvgIpc) is 2.89. The van der Waals surface area contributed by atoms with Crippen LogP contribution < -0.4 is 5.32 Å². The normalized spacial score (nSPS) is 17.2. The zero-order valence-corrected chi connectivity index (χ0v) is 12.8. The van der Waals surface area contributed by atoms with Gasteiger partial charge in [-0.1, -0.05) is 6.92 Å². The second-order valence-corrected chi connectivity index (χ2v) is 6.01. The molecule has 0 radical (unpaired) electrons. The van der Waals surface area contributed by atoms with E-state index >= 15 is 0 Å². The standard InChI is InChI=1S/C16H26N4/c1-3-10-19-16(2,12-17)9-6-11-20-13-18-14-7-4-5-8-15(14)20/h13,19H,3-11H2,1-2H3. The number of nitriles is 1. The Morgan fingerprint density at radius 1 is 1.45 bits per heavy atom. The van der Waals surface area contributed by atoms with E-state index in [0.29, 0.717) is 0 Å². The number of rotatable bonds is 7. The van der Waals surface area contributed by atoms with E-state index in [-0.39, 0.29) is 0 Å². The summed E-state index contributed by atoms with van der Waals surface area (Å²) in [6, 6.07) is 2.42. The third-order valence-corrected chi connectivity index (χ3v) is 4.20. The van der Waals surface area contributed by atoms with Crippen molar-refractivity contribution in [2.24, 2.45) is 0 Å². The first kappa shape index (κ1) is 15.1. The lowest BCUT2D eigenvalue weighted by Crippen LogP contribution is -2.41. The summed E-state index contributed by atoms with van der Waals surface area (Å²) in [6.45, 7) is 6.02. The highest BCUT2D eigenvalue weighted by Gasteiger charge is 2.22. The summed E-state index contributed by atoms with van der Waals surface area (Å²) in [5.74, 6) is 0. The van der Waals surface area contributed by atoms with Crippen LogP contribution in [0.25, 0.3) is 0 Å². The first-order valence-corrected chi connectivity index (χ1v) is 7.87. The Bertz CT molecular complexity index is 471. The average molecular weight is 274 g/mol. The predicted octanol–water partition coefficient (Wildman–Crippen LogP) is 2.82. The summed E-state index contributed by atoms with van der Waals surface area (Å²) in [5.41, 5.74) is 2.33. The van der Waals surface area contributed by atoms with Crippen LogP contribution in [0.2, 0.25) is 0 Å². The maximum atomic E-state index is 9.33. The summed E-state index contributed by atoms with van der Waals surface area (Å²) in [6.07, 6.45) is 9.81. The first-order chi connectivity index (χ1) is 9.68. The molecule has 1 N–H and O–H groups in total. The van der Waals surface area contributed by atoms with Crippen LogP contribution in [0.15, 0.2) is 6.33 Å². The van der Waals surface area contributed by atoms with Crippen molar-refractivity contribution < 1.29 is 0 Å². The molecule has 0 fully saturated rings. The highest BCUT2D eigenvalue weighted by Crippen LogP contribution is 2.21. The lowest BCUT2D eigenvalue weighted by molar-refractivity contribution is 0.393. The van der Waals surface area contributed by atoms with Crippen LogP contribution in [0.5, 0.6) is 0 Å². The molecule has 2 rings (SSSR count). The van der Waals surface area contributed by atoms with Crippen LogP contribution in [0, 0.1) is 11.3 Å². The molecule has 1 atom stereocenters. The van der Waals surface area contributed by atoms with Gasteiger partial charge in [0.1, 0.15) is 5.54 Å². The quantitative estimate of drug-likeness (QED) is 0.832. The summed E-state index contributed by atoms with van der Waals surface area (Å²) < 4.78 is 2.30. The fourth-order valence-electron chi connectivity index (χ4n) is 2.91. The number of nitrogens with one attached hydrogen (secondary N) is 1. The highest BCUT2D eigenvalue weighted by molar-refractivity contribution is 5.16. The molecule has 1 aliphatic rings. The van der Waals surface area contributed by atoms with Gasteiger partial charge in [0.25, 0.3) is 0 Å². The maximum absolute atomic E-state index is 9.33. The Labute approximate surface area is 122 Å². The van der Waals surface area contributed by atoms with Crippen molar-refractivity contribution in [2.75, 3.05) is 6.54 Å². The molecule has 1 aliphatic carbocycles. The van der Waals surface area contributed by atoms with Crippen LogP contribution in [0.4, 0.5) is 0 Å². The van der Waals surface area contributed by atoms with Gasteiger partial charge in [0.15, 0.2) is 0 Å². The van der Waals surface area contributed by atoms with Crippen LogP contribution >= 0.6 is 0 Å². The van der Waals surface area contributed by atoms with Gasteiger partial charge in [0, 0.05) is 12.2 Å². The number of hydrogen-bond donors (Lipinski definition) is 1. The summed E-state index contributed by atoms with van der Waals surface area (Å²) in [4.78, 5) is 4.52. The molecule has 20 heavy (non-hydrogen) atoms. The van der Waals surface area contributed by atoms with Crippen molar-refractivity contribution in [2.45, 2.75) is 70.9 Å². The SMILES string of the molecule is CCCNC(C)(C#N)CCCn1cnc2c1CCCC2. The lowest BCUT2D eigenvalue weighted by Gasteiger charge is -2.23. The van der Waals surface area contributed by atoms with E-state index in [0.717, 1.165) is 38.8 Å². The van der Waals surface area contributed by atoms with Gasteiger partial charge < -0.3 is 4.57 Å². The van der Waals surface area contributed by atoms with Gasteiger partial charge in [-0.05, 0) is 58.4 Å². The van der Waals surface area contributed by atoms with Crippen molar-refractivity contribution in [1.29, 1.82) is 5.26 Å². The lowest BCUT2D eigenvalue weighted by atomic mass is 9.97. The largest absolute Gasteiger partial charge is 0.334 e. The van der Waals surface area contributed by atoms with E-state index < -0.39 is 5.54 Å². The Kier molecular flexibility index (Phi) is 5.19. The molecule has 1 heterocycles. The molecule has 0 saturated heterocycles. The highest BCUT2D eigenvalue weighted by atomic mass is 15.1. The van der Waals surface area contributed by atoms with Crippen LogP contribution in [-0.2, 0) is 19.4 Å². The molecule has 1 unspecified atom stereocenters. The Balaban J connectivity index is 1.86. The van der Waals surface area contributed by atoms with Gasteiger partial charge in [-0.25, -0.2) is 4.98 Å². The summed E-state index contributed by atoms with van der Waals surface area (Å²) >= 11 is 0. The van der Waals surface area contributed by atoms with Gasteiger partial charge in [-0.3, -0.25) is 5.32 Å². The van der Waals surface area contributed by atoms with Gasteiger partial charge in [-0.15, -0.1) is 0 Å². The van der Waals surface area contributed by atoms with E-state index in [1.165, 1.54) is 30.7 Å². The second kappa shape index (κ2) is 6.90. The van der Waals surface area contributed by atoms with Crippen LogP contribution in [0.3, 0.4) is 0 Å². The van der Waals surface area contributed by atoms with Crippen LogP contribution in [0.1, 0.15) is 57.3 Å². The summed E-state index contributed by atoms with van der Waals surface area (Å²) in [5, 5.41) is 12.7. The molecule has 0 spiro atoms. The number of imidazole rings is 1. The van der Waals surface area contributed by atoms with Gasteiger partial charge in [0.05, 0.1) is 18.1 Å². The van der Waals surface area contributed by atoms with Crippen molar-refractivity contribution in [3.05, 3.63) is 17.7 Å². The first-order valence-electron chi connectivity index (χ1n) is 7.87. The fourth-order valence-corrected chi connectivity index (χ4v) is 2.91. The van der Waals surface area contributed by atoms with E-state index in [9.17, 15) is 5.26 Å². The molecular weight excluding hydrogens is 248 g/mol. The minimum Gasteiger partial charge on any atom is -0.334 e. The monoisotopic (exact) mass is 274 g/mol. The molecule has 0 bridgehead atoms. The molecule has 4 nitrogen and oxygen atoms in total. The van der Waals surface area contributed by atoms with E-state index in [2.05, 4.69) is 27.9 Å². The second-order valence-electron chi connectivity index (χ2n) is 6.01. The van der Waals surface area contributed by atoms with Crippen LogP contribution in [-0.4, -0.2) is 21.6 Å². The van der Waals surface area contributed by atoms with Gasteiger partial charge in [-0.2, -0.15) is 5.26 Å². The minimum absolute atomic E-state index is 0.392. The topological polar surface area (TPSA) is 53.6 Å². The van der Waals surface area contributed by atoms with E-state index in [1.807, 2.05) is 13.3 Å². The molecular formula is C16H26N4. The zero-order chi connectivity index (χ0) is 14.4. The maximum Gasteiger partial charge on any atom is 0.103 e. The molecule has 0 aromatic carbocycles. The van der Waals surface area contributed by atoms with Crippen molar-refractivity contribution >= 4 is 0 Å². The number of aromatic nitrogens is 2. The van der Waals surface area contributed by atoms with Gasteiger partial charge >= 0.3 is 0 Å². The molecule has 110 valence electrons. The Morgan fingerprint density at radius 3 is 3.00 bits per heavy atom.